The number of nitrogens with zero attached hydrogens (tertiary/aromatic N) is 2. The summed E-state index contributed by atoms with van der Waals surface area (Å²) in [6, 6.07) is 22.2. The van der Waals surface area contributed by atoms with Gasteiger partial charge in [-0.25, -0.2) is 8.42 Å². The van der Waals surface area contributed by atoms with Gasteiger partial charge in [0, 0.05) is 18.1 Å². The Hall–Kier alpha value is -2.83. The van der Waals surface area contributed by atoms with E-state index in [1.807, 2.05) is 19.9 Å². The van der Waals surface area contributed by atoms with Crippen LogP contribution in [0.1, 0.15) is 29.5 Å². The fourth-order valence-corrected chi connectivity index (χ4v) is 6.18. The number of carbonyl (C=O) groups excluding carboxylic acids is 1. The summed E-state index contributed by atoms with van der Waals surface area (Å²) in [7, 11) is -3.97. The molecule has 3 aromatic carbocycles. The van der Waals surface area contributed by atoms with Gasteiger partial charge in [-0.3, -0.25) is 9.10 Å². The molecule has 3 aromatic rings. The van der Waals surface area contributed by atoms with Crippen molar-refractivity contribution in [3.63, 3.8) is 0 Å². The van der Waals surface area contributed by atoms with Gasteiger partial charge >= 0.3 is 0 Å². The first-order chi connectivity index (χ1) is 16.7. The van der Waals surface area contributed by atoms with E-state index in [2.05, 4.69) is 24.3 Å². The van der Waals surface area contributed by atoms with Gasteiger partial charge in [0.05, 0.1) is 10.6 Å². The topological polar surface area (TPSA) is 57.7 Å². The van der Waals surface area contributed by atoms with Crippen molar-refractivity contribution in [3.05, 3.63) is 94.5 Å². The maximum absolute atomic E-state index is 13.7. The third-order valence-corrected chi connectivity index (χ3v) is 8.67. The third-order valence-electron chi connectivity index (χ3n) is 6.66. The molecule has 0 spiro atoms. The van der Waals surface area contributed by atoms with Crippen molar-refractivity contribution in [1.82, 2.24) is 4.90 Å². The Morgan fingerprint density at radius 1 is 0.971 bits per heavy atom. The molecular weight excluding hydrogens is 480 g/mol. The van der Waals surface area contributed by atoms with Crippen molar-refractivity contribution >= 4 is 33.2 Å². The van der Waals surface area contributed by atoms with Gasteiger partial charge in [0.15, 0.2) is 0 Å². The Balaban J connectivity index is 1.53. The minimum absolute atomic E-state index is 0.150. The van der Waals surface area contributed by atoms with Gasteiger partial charge in [-0.05, 0) is 74.4 Å². The van der Waals surface area contributed by atoms with E-state index in [0.29, 0.717) is 29.7 Å². The van der Waals surface area contributed by atoms with E-state index in [0.717, 1.165) is 30.4 Å². The van der Waals surface area contributed by atoms with Crippen LogP contribution in [0.5, 0.6) is 0 Å². The van der Waals surface area contributed by atoms with Crippen LogP contribution in [0.15, 0.2) is 77.7 Å². The summed E-state index contributed by atoms with van der Waals surface area (Å²) in [4.78, 5) is 15.3. The van der Waals surface area contributed by atoms with Crippen molar-refractivity contribution in [3.8, 4) is 0 Å². The lowest BCUT2D eigenvalue weighted by Crippen LogP contribution is -2.46. The number of likely N-dealkylation sites (tertiary alicyclic amines) is 1. The molecule has 35 heavy (non-hydrogen) atoms. The molecule has 1 amide bonds. The number of piperidine rings is 1. The van der Waals surface area contributed by atoms with Crippen molar-refractivity contribution < 1.29 is 13.2 Å². The predicted molar refractivity (Wildman–Crippen MR) is 141 cm³/mol. The predicted octanol–water partition coefficient (Wildman–Crippen LogP) is 5.63. The number of carbonyl (C=O) groups is 1. The fraction of sp³-hybridized carbons (Fsp3) is 0.321. The first kappa shape index (κ1) is 25.3. The van der Waals surface area contributed by atoms with Crippen LogP contribution >= 0.6 is 11.6 Å². The van der Waals surface area contributed by atoms with Gasteiger partial charge in [0.25, 0.3) is 10.0 Å². The second-order valence-corrected chi connectivity index (χ2v) is 11.6. The molecule has 0 bridgehead atoms. The highest BCUT2D eigenvalue weighted by molar-refractivity contribution is 7.92. The lowest BCUT2D eigenvalue weighted by molar-refractivity contribution is -0.130. The van der Waals surface area contributed by atoms with E-state index >= 15 is 0 Å². The minimum Gasteiger partial charge on any atom is -0.341 e. The molecule has 1 aliphatic heterocycles. The zero-order valence-corrected chi connectivity index (χ0v) is 21.7. The molecule has 0 unspecified atom stereocenters. The molecule has 0 aliphatic carbocycles. The van der Waals surface area contributed by atoms with E-state index in [9.17, 15) is 13.2 Å². The molecule has 4 rings (SSSR count). The zero-order chi connectivity index (χ0) is 25.0. The Bertz CT molecular complexity index is 1270. The summed E-state index contributed by atoms with van der Waals surface area (Å²) in [5, 5.41) is 0.420. The quantitative estimate of drug-likeness (QED) is 0.413. The maximum Gasteiger partial charge on any atom is 0.264 e. The van der Waals surface area contributed by atoms with E-state index in [-0.39, 0.29) is 17.3 Å². The molecule has 7 heteroatoms. The molecule has 5 nitrogen and oxygen atoms in total. The van der Waals surface area contributed by atoms with E-state index < -0.39 is 10.0 Å². The van der Waals surface area contributed by atoms with Gasteiger partial charge in [-0.1, -0.05) is 65.7 Å². The smallest absolute Gasteiger partial charge is 0.264 e. The Morgan fingerprint density at radius 3 is 2.29 bits per heavy atom. The molecule has 0 aromatic heterocycles. The molecule has 1 saturated heterocycles. The van der Waals surface area contributed by atoms with Gasteiger partial charge in [0.1, 0.15) is 6.54 Å². The van der Waals surface area contributed by atoms with Crippen molar-refractivity contribution in [1.29, 1.82) is 0 Å². The second kappa shape index (κ2) is 10.8. The number of benzene rings is 3. The van der Waals surface area contributed by atoms with Crippen LogP contribution in [0.2, 0.25) is 5.02 Å². The first-order valence-electron chi connectivity index (χ1n) is 11.9. The van der Waals surface area contributed by atoms with Crippen LogP contribution < -0.4 is 4.31 Å². The SMILES string of the molecule is Cc1ccc(S(=O)(=O)N(CC(=O)N2CCC(Cc3ccccc3)CC2)c2cc(Cl)ccc2C)cc1. The van der Waals surface area contributed by atoms with E-state index in [4.69, 9.17) is 11.6 Å². The van der Waals surface area contributed by atoms with Gasteiger partial charge in [0.2, 0.25) is 5.91 Å². The van der Waals surface area contributed by atoms with E-state index in [1.165, 1.54) is 9.87 Å². The van der Waals surface area contributed by atoms with E-state index in [1.54, 1.807) is 47.4 Å². The monoisotopic (exact) mass is 510 g/mol. The standard InChI is InChI=1S/C28H31ClN2O3S/c1-21-8-12-26(13-9-21)35(33,34)31(27-19-25(29)11-10-22(27)2)20-28(32)30-16-14-24(15-17-30)18-23-6-4-3-5-7-23/h3-13,19,24H,14-18,20H2,1-2H3. The molecular formula is C28H31ClN2O3S. The van der Waals surface area contributed by atoms with Crippen LogP contribution in [0.3, 0.4) is 0 Å². The Labute approximate surface area is 213 Å². The zero-order valence-electron chi connectivity index (χ0n) is 20.2. The molecule has 184 valence electrons. The number of anilines is 1. The summed E-state index contributed by atoms with van der Waals surface area (Å²) in [5.74, 6) is 0.322. The summed E-state index contributed by atoms with van der Waals surface area (Å²) in [6.07, 6.45) is 2.81. The van der Waals surface area contributed by atoms with Gasteiger partial charge in [-0.2, -0.15) is 0 Å². The number of hydrogen-bond donors (Lipinski definition) is 0. The lowest BCUT2D eigenvalue weighted by Gasteiger charge is -2.34. The minimum atomic E-state index is -3.97. The second-order valence-electron chi connectivity index (χ2n) is 9.27. The molecule has 0 N–H and O–H groups in total. The van der Waals surface area contributed by atoms with Crippen molar-refractivity contribution in [2.75, 3.05) is 23.9 Å². The molecule has 0 radical (unpaired) electrons. The number of aryl methyl sites for hydroxylation is 2. The average Bonchev–Trinajstić information content (AvgIpc) is 2.85. The molecule has 0 saturated carbocycles. The third kappa shape index (κ3) is 6.06. The number of rotatable bonds is 7. The highest BCUT2D eigenvalue weighted by Crippen LogP contribution is 2.30. The van der Waals surface area contributed by atoms with Gasteiger partial charge < -0.3 is 4.90 Å². The summed E-state index contributed by atoms with van der Waals surface area (Å²) in [5.41, 5.74) is 3.43. The van der Waals surface area contributed by atoms with Crippen LogP contribution in [0.25, 0.3) is 0 Å². The Morgan fingerprint density at radius 2 is 1.63 bits per heavy atom. The highest BCUT2D eigenvalue weighted by Gasteiger charge is 2.31. The van der Waals surface area contributed by atoms with Crippen LogP contribution in [0, 0.1) is 19.8 Å². The molecule has 1 heterocycles. The number of amides is 1. The normalized spacial score (nSPS) is 14.7. The van der Waals surface area contributed by atoms with Crippen molar-refractivity contribution in [2.24, 2.45) is 5.92 Å². The molecule has 1 aliphatic rings. The summed E-state index contributed by atoms with van der Waals surface area (Å²) in [6.45, 7) is 4.72. The first-order valence-corrected chi connectivity index (χ1v) is 13.7. The largest absolute Gasteiger partial charge is 0.341 e. The summed E-state index contributed by atoms with van der Waals surface area (Å²) < 4.78 is 28.6. The number of halogens is 1. The molecule has 0 atom stereocenters. The van der Waals surface area contributed by atoms with Crippen LogP contribution in [0.4, 0.5) is 5.69 Å². The van der Waals surface area contributed by atoms with Crippen molar-refractivity contribution in [2.45, 2.75) is 38.0 Å². The fourth-order valence-electron chi connectivity index (χ4n) is 4.55. The Kier molecular flexibility index (Phi) is 7.82. The van der Waals surface area contributed by atoms with Crippen LogP contribution in [-0.2, 0) is 21.2 Å². The van der Waals surface area contributed by atoms with Crippen LogP contribution in [-0.4, -0.2) is 38.9 Å². The van der Waals surface area contributed by atoms with Gasteiger partial charge in [-0.15, -0.1) is 0 Å². The highest BCUT2D eigenvalue weighted by atomic mass is 35.5. The average molecular weight is 511 g/mol. The maximum atomic E-state index is 13.7. The summed E-state index contributed by atoms with van der Waals surface area (Å²) >= 11 is 6.23. The number of hydrogen-bond acceptors (Lipinski definition) is 3. The number of sulfonamides is 1. The molecule has 1 fully saturated rings. The lowest BCUT2D eigenvalue weighted by atomic mass is 9.90.